The number of anilines is 1. The van der Waals surface area contributed by atoms with Crippen LogP contribution in [0.1, 0.15) is 17.2 Å². The average molecular weight is 340 g/mol. The van der Waals surface area contributed by atoms with Gasteiger partial charge in [-0.05, 0) is 58.0 Å². The van der Waals surface area contributed by atoms with Crippen molar-refractivity contribution < 1.29 is 4.74 Å². The molecule has 1 aromatic heterocycles. The largest absolute Gasteiger partial charge is 0.497 e. The van der Waals surface area contributed by atoms with Gasteiger partial charge in [0.2, 0.25) is 5.95 Å². The van der Waals surface area contributed by atoms with Gasteiger partial charge in [0.05, 0.1) is 7.11 Å². The van der Waals surface area contributed by atoms with E-state index in [1.807, 2.05) is 48.5 Å². The van der Waals surface area contributed by atoms with Crippen LogP contribution in [-0.2, 0) is 0 Å². The smallest absolute Gasteiger partial charge is 0.248 e. The number of rotatable bonds is 3. The topological polar surface area (TPSA) is 64.9 Å². The molecule has 1 aliphatic heterocycles. The van der Waals surface area contributed by atoms with Crippen LogP contribution in [0.2, 0.25) is 5.02 Å². The number of halogens is 1. The second kappa shape index (κ2) is 5.98. The molecule has 4 rings (SSSR count). The van der Waals surface area contributed by atoms with Crippen LogP contribution < -0.4 is 10.1 Å². The summed E-state index contributed by atoms with van der Waals surface area (Å²) in [4.78, 5) is 0. The lowest BCUT2D eigenvalue weighted by atomic mass is 10.0. The maximum Gasteiger partial charge on any atom is 0.248 e. The molecular weight excluding hydrogens is 326 g/mol. The van der Waals surface area contributed by atoms with Crippen molar-refractivity contribution in [1.29, 1.82) is 0 Å². The summed E-state index contributed by atoms with van der Waals surface area (Å²) >= 11 is 6.38. The first kappa shape index (κ1) is 14.7. The Hall–Kier alpha value is -2.86. The normalized spacial score (nSPS) is 16.1. The number of allylic oxidation sites excluding steroid dienone is 1. The highest BCUT2D eigenvalue weighted by atomic mass is 35.5. The van der Waals surface area contributed by atoms with E-state index in [2.05, 4.69) is 26.9 Å². The van der Waals surface area contributed by atoms with E-state index in [9.17, 15) is 0 Å². The summed E-state index contributed by atoms with van der Waals surface area (Å²) in [6.45, 7) is 0. The number of tetrazole rings is 1. The van der Waals surface area contributed by atoms with Crippen molar-refractivity contribution >= 4 is 23.2 Å². The summed E-state index contributed by atoms with van der Waals surface area (Å²) in [6, 6.07) is 15.3. The highest BCUT2D eigenvalue weighted by molar-refractivity contribution is 6.31. The Morgan fingerprint density at radius 1 is 1.12 bits per heavy atom. The lowest BCUT2D eigenvalue weighted by Crippen LogP contribution is -2.20. The molecule has 0 aliphatic carbocycles. The zero-order valence-electron chi connectivity index (χ0n) is 12.8. The highest BCUT2D eigenvalue weighted by Gasteiger charge is 2.25. The number of benzene rings is 2. The van der Waals surface area contributed by atoms with E-state index in [0.717, 1.165) is 22.6 Å². The first-order valence-corrected chi connectivity index (χ1v) is 7.79. The second-order valence-corrected chi connectivity index (χ2v) is 5.75. The monoisotopic (exact) mass is 339 g/mol. The molecule has 2 aromatic carbocycles. The molecule has 0 spiro atoms. The molecule has 0 saturated heterocycles. The van der Waals surface area contributed by atoms with Crippen molar-refractivity contribution in [2.24, 2.45) is 0 Å². The molecule has 1 unspecified atom stereocenters. The molecule has 0 bridgehead atoms. The molecule has 120 valence electrons. The van der Waals surface area contributed by atoms with Gasteiger partial charge in [-0.15, -0.1) is 0 Å². The standard InChI is InChI=1S/C17H14ClN5O/c1-24-12-8-6-11(7-9-12)15-10-16(13-4-2-3-5-14(13)18)23-17(19-15)20-21-22-23/h2-10,16H,1H3,(H,19,20,22). The summed E-state index contributed by atoms with van der Waals surface area (Å²) < 4.78 is 6.93. The van der Waals surface area contributed by atoms with E-state index in [-0.39, 0.29) is 6.04 Å². The fourth-order valence-corrected chi connectivity index (χ4v) is 2.98. The minimum absolute atomic E-state index is 0.179. The molecule has 0 fully saturated rings. The van der Waals surface area contributed by atoms with Gasteiger partial charge in [-0.25, -0.2) is 0 Å². The Kier molecular flexibility index (Phi) is 3.66. The summed E-state index contributed by atoms with van der Waals surface area (Å²) in [6.07, 6.45) is 2.06. The number of hydrogen-bond acceptors (Lipinski definition) is 5. The van der Waals surface area contributed by atoms with Crippen molar-refractivity contribution in [3.63, 3.8) is 0 Å². The van der Waals surface area contributed by atoms with E-state index < -0.39 is 0 Å². The highest BCUT2D eigenvalue weighted by Crippen LogP contribution is 2.34. The zero-order chi connectivity index (χ0) is 16.5. The van der Waals surface area contributed by atoms with Gasteiger partial charge < -0.3 is 10.1 Å². The molecular formula is C17H14ClN5O. The Labute approximate surface area is 143 Å². The van der Waals surface area contributed by atoms with Crippen LogP contribution in [0.5, 0.6) is 5.75 Å². The fraction of sp³-hybridized carbons (Fsp3) is 0.118. The van der Waals surface area contributed by atoms with Gasteiger partial charge in [0.25, 0.3) is 0 Å². The van der Waals surface area contributed by atoms with Crippen molar-refractivity contribution in [3.8, 4) is 5.75 Å². The molecule has 0 radical (unpaired) electrons. The summed E-state index contributed by atoms with van der Waals surface area (Å²) in [5.41, 5.74) is 2.88. The fourth-order valence-electron chi connectivity index (χ4n) is 2.73. The van der Waals surface area contributed by atoms with Gasteiger partial charge in [0.15, 0.2) is 0 Å². The van der Waals surface area contributed by atoms with Gasteiger partial charge in [-0.1, -0.05) is 34.9 Å². The van der Waals surface area contributed by atoms with E-state index in [1.54, 1.807) is 11.8 Å². The number of fused-ring (bicyclic) bond motifs is 1. The Balaban J connectivity index is 1.80. The Bertz CT molecular complexity index is 903. The molecule has 3 aromatic rings. The van der Waals surface area contributed by atoms with Gasteiger partial charge in [-0.2, -0.15) is 4.68 Å². The van der Waals surface area contributed by atoms with Crippen LogP contribution in [0.25, 0.3) is 5.70 Å². The zero-order valence-corrected chi connectivity index (χ0v) is 13.6. The first-order valence-electron chi connectivity index (χ1n) is 7.42. The summed E-state index contributed by atoms with van der Waals surface area (Å²) in [5.74, 6) is 1.39. The van der Waals surface area contributed by atoms with Gasteiger partial charge in [0, 0.05) is 10.7 Å². The van der Waals surface area contributed by atoms with Crippen LogP contribution in [-0.4, -0.2) is 27.3 Å². The van der Waals surface area contributed by atoms with E-state index in [1.165, 1.54) is 0 Å². The lowest BCUT2D eigenvalue weighted by Gasteiger charge is -2.24. The van der Waals surface area contributed by atoms with Crippen LogP contribution in [0, 0.1) is 0 Å². The van der Waals surface area contributed by atoms with Gasteiger partial charge in [0.1, 0.15) is 11.8 Å². The minimum atomic E-state index is -0.179. The molecule has 1 aliphatic rings. The molecule has 24 heavy (non-hydrogen) atoms. The average Bonchev–Trinajstić information content (AvgIpc) is 3.10. The SMILES string of the molecule is COc1ccc(C2=CC(c3ccccc3Cl)n3nnnc3N2)cc1. The number of hydrogen-bond donors (Lipinski definition) is 1. The molecule has 1 atom stereocenters. The molecule has 0 saturated carbocycles. The van der Waals surface area contributed by atoms with Crippen molar-refractivity contribution in [1.82, 2.24) is 20.2 Å². The molecule has 7 heteroatoms. The van der Waals surface area contributed by atoms with E-state index in [4.69, 9.17) is 16.3 Å². The third-order valence-electron chi connectivity index (χ3n) is 3.95. The number of ether oxygens (including phenoxy) is 1. The maximum atomic E-state index is 6.38. The quantitative estimate of drug-likeness (QED) is 0.792. The first-order chi connectivity index (χ1) is 11.8. The predicted molar refractivity (Wildman–Crippen MR) is 92.0 cm³/mol. The van der Waals surface area contributed by atoms with Crippen molar-refractivity contribution in [3.05, 3.63) is 70.8 Å². The third kappa shape index (κ3) is 2.51. The predicted octanol–water partition coefficient (Wildman–Crippen LogP) is 3.39. The number of methoxy groups -OCH3 is 1. The Morgan fingerprint density at radius 2 is 1.92 bits per heavy atom. The molecule has 0 amide bonds. The van der Waals surface area contributed by atoms with Crippen LogP contribution in [0.15, 0.2) is 54.6 Å². The van der Waals surface area contributed by atoms with Gasteiger partial charge >= 0.3 is 0 Å². The molecule has 1 N–H and O–H groups in total. The summed E-state index contributed by atoms with van der Waals surface area (Å²) in [7, 11) is 1.65. The van der Waals surface area contributed by atoms with E-state index in [0.29, 0.717) is 11.0 Å². The minimum Gasteiger partial charge on any atom is -0.497 e. The van der Waals surface area contributed by atoms with E-state index >= 15 is 0 Å². The molecule has 2 heterocycles. The second-order valence-electron chi connectivity index (χ2n) is 5.35. The lowest BCUT2D eigenvalue weighted by molar-refractivity contribution is 0.415. The third-order valence-corrected chi connectivity index (χ3v) is 4.30. The molecule has 6 nitrogen and oxygen atoms in total. The van der Waals surface area contributed by atoms with Crippen LogP contribution >= 0.6 is 11.6 Å². The van der Waals surface area contributed by atoms with Crippen molar-refractivity contribution in [2.45, 2.75) is 6.04 Å². The number of nitrogens with one attached hydrogen (secondary N) is 1. The summed E-state index contributed by atoms with van der Waals surface area (Å²) in [5, 5.41) is 15.8. The Morgan fingerprint density at radius 3 is 2.67 bits per heavy atom. The van der Waals surface area contributed by atoms with Crippen LogP contribution in [0.4, 0.5) is 5.95 Å². The van der Waals surface area contributed by atoms with Crippen molar-refractivity contribution in [2.75, 3.05) is 12.4 Å². The van der Waals surface area contributed by atoms with Crippen LogP contribution in [0.3, 0.4) is 0 Å². The van der Waals surface area contributed by atoms with Gasteiger partial charge in [-0.3, -0.25) is 0 Å². The number of nitrogens with zero attached hydrogens (tertiary/aromatic N) is 4. The maximum absolute atomic E-state index is 6.38. The number of aromatic nitrogens is 4.